The predicted molar refractivity (Wildman–Crippen MR) is 198 cm³/mol. The lowest BCUT2D eigenvalue weighted by atomic mass is 9.89. The zero-order chi connectivity index (χ0) is 35.8. The van der Waals surface area contributed by atoms with Gasteiger partial charge in [0.15, 0.2) is 0 Å². The number of pyridine rings is 1. The fourth-order valence-corrected chi connectivity index (χ4v) is 7.39. The molecule has 5 aromatic rings. The first-order valence-electron chi connectivity index (χ1n) is 16.6. The standard InChI is InChI=1S/C40H35F3IN5O2/c41-40(42,43)35-17-13-28(23-47-35)14-18-36(50)49(26-29-11-15-31(16-12-29)34-24-45-27-46-25-34)38(37(44)33-9-5-2-6-10-33)39(51)48-21-19-32(20-22-48)30-7-3-1-4-8-30/h1-18,23-25,27,32,37-38H,19-22,26H2. The Labute approximate surface area is 308 Å². The van der Waals surface area contributed by atoms with Gasteiger partial charge in [-0.05, 0) is 58.7 Å². The molecule has 0 aliphatic carbocycles. The van der Waals surface area contributed by atoms with Crippen molar-refractivity contribution < 1.29 is 22.8 Å². The van der Waals surface area contributed by atoms with Crippen LogP contribution in [0.25, 0.3) is 17.2 Å². The number of aromatic nitrogens is 3. The van der Waals surface area contributed by atoms with Gasteiger partial charge in [0, 0.05) is 49.9 Å². The maximum atomic E-state index is 14.7. The molecular formula is C40H35F3IN5O2. The largest absolute Gasteiger partial charge is 0.433 e. The molecule has 51 heavy (non-hydrogen) atoms. The minimum atomic E-state index is -4.58. The van der Waals surface area contributed by atoms with Crippen molar-refractivity contribution in [2.75, 3.05) is 13.1 Å². The third-order valence-corrected chi connectivity index (χ3v) is 10.4. The lowest BCUT2D eigenvalue weighted by Gasteiger charge is -2.39. The number of carbonyl (C=O) groups is 2. The first-order chi connectivity index (χ1) is 24.7. The average molecular weight is 802 g/mol. The smallest absolute Gasteiger partial charge is 0.341 e. The van der Waals surface area contributed by atoms with Crippen LogP contribution in [0.4, 0.5) is 13.2 Å². The van der Waals surface area contributed by atoms with E-state index in [2.05, 4.69) is 49.7 Å². The lowest BCUT2D eigenvalue weighted by molar-refractivity contribution is -0.144. The maximum absolute atomic E-state index is 14.7. The van der Waals surface area contributed by atoms with Crippen LogP contribution in [0.1, 0.15) is 50.6 Å². The second-order valence-electron chi connectivity index (χ2n) is 12.4. The molecule has 2 amide bonds. The first kappa shape index (κ1) is 35.9. The summed E-state index contributed by atoms with van der Waals surface area (Å²) in [6.45, 7) is 1.22. The monoisotopic (exact) mass is 801 g/mol. The summed E-state index contributed by atoms with van der Waals surface area (Å²) in [5.41, 5.74) is 3.99. The quantitative estimate of drug-likeness (QED) is 0.0804. The SMILES string of the molecule is O=C(C(C(I)c1ccccc1)N(Cc1ccc(-c2cncnc2)cc1)C(=O)C=Cc1ccc(C(F)(F)F)nc1)N1CCC(c2ccccc2)CC1. The summed E-state index contributed by atoms with van der Waals surface area (Å²) in [5.74, 6) is -0.268. The second kappa shape index (κ2) is 16.4. The van der Waals surface area contributed by atoms with Crippen LogP contribution in [0.5, 0.6) is 0 Å². The van der Waals surface area contributed by atoms with Gasteiger partial charge in [0.05, 0.1) is 3.92 Å². The normalized spacial score (nSPS) is 15.0. The highest BCUT2D eigenvalue weighted by Crippen LogP contribution is 2.35. The molecule has 6 rings (SSSR count). The summed E-state index contributed by atoms with van der Waals surface area (Å²) in [6.07, 6.45) is 5.74. The number of hydrogen-bond acceptors (Lipinski definition) is 5. The third-order valence-electron chi connectivity index (χ3n) is 9.04. The summed E-state index contributed by atoms with van der Waals surface area (Å²) >= 11 is 2.25. The molecule has 1 aliphatic rings. The van der Waals surface area contributed by atoms with Crippen LogP contribution in [-0.2, 0) is 22.3 Å². The minimum Gasteiger partial charge on any atom is -0.341 e. The highest BCUT2D eigenvalue weighted by atomic mass is 127. The van der Waals surface area contributed by atoms with Crippen molar-refractivity contribution in [3.05, 3.63) is 156 Å². The number of amides is 2. The molecule has 1 saturated heterocycles. The molecule has 260 valence electrons. The molecule has 2 atom stereocenters. The number of benzene rings is 3. The van der Waals surface area contributed by atoms with Crippen LogP contribution in [0.15, 0.2) is 128 Å². The van der Waals surface area contributed by atoms with E-state index in [9.17, 15) is 22.8 Å². The molecule has 0 saturated carbocycles. The number of halogens is 4. The molecule has 1 fully saturated rings. The van der Waals surface area contributed by atoms with E-state index in [1.807, 2.05) is 77.7 Å². The zero-order valence-electron chi connectivity index (χ0n) is 27.5. The number of rotatable bonds is 10. The summed E-state index contributed by atoms with van der Waals surface area (Å²) in [6, 6.07) is 28.8. The van der Waals surface area contributed by atoms with Gasteiger partial charge in [0.1, 0.15) is 18.1 Å². The van der Waals surface area contributed by atoms with Crippen LogP contribution in [0, 0.1) is 0 Å². The molecule has 0 bridgehead atoms. The van der Waals surface area contributed by atoms with Crippen molar-refractivity contribution in [3.63, 3.8) is 0 Å². The first-order valence-corrected chi connectivity index (χ1v) is 17.8. The average Bonchev–Trinajstić information content (AvgIpc) is 3.17. The van der Waals surface area contributed by atoms with Crippen LogP contribution in [0.2, 0.25) is 0 Å². The molecule has 7 nitrogen and oxygen atoms in total. The van der Waals surface area contributed by atoms with E-state index in [1.54, 1.807) is 17.3 Å². The molecule has 0 radical (unpaired) electrons. The molecule has 3 heterocycles. The molecule has 2 aromatic heterocycles. The van der Waals surface area contributed by atoms with Gasteiger partial charge >= 0.3 is 6.18 Å². The van der Waals surface area contributed by atoms with Gasteiger partial charge in [-0.2, -0.15) is 13.2 Å². The Hall–Kier alpha value is -4.91. The van der Waals surface area contributed by atoms with E-state index in [0.717, 1.165) is 47.4 Å². The summed E-state index contributed by atoms with van der Waals surface area (Å²) in [5, 5.41) is 0. The van der Waals surface area contributed by atoms with Gasteiger partial charge in [-0.25, -0.2) is 9.97 Å². The maximum Gasteiger partial charge on any atom is 0.433 e. The van der Waals surface area contributed by atoms with Gasteiger partial charge in [0.2, 0.25) is 11.8 Å². The summed E-state index contributed by atoms with van der Waals surface area (Å²) in [7, 11) is 0. The number of nitrogens with zero attached hydrogens (tertiary/aromatic N) is 5. The van der Waals surface area contributed by atoms with E-state index in [1.165, 1.54) is 30.1 Å². The number of carbonyl (C=O) groups excluding carboxylic acids is 2. The minimum absolute atomic E-state index is 0.114. The van der Waals surface area contributed by atoms with E-state index >= 15 is 0 Å². The van der Waals surface area contributed by atoms with Crippen LogP contribution in [0.3, 0.4) is 0 Å². The number of alkyl halides is 4. The number of likely N-dealkylation sites (tertiary alicyclic amines) is 1. The Morgan fingerprint density at radius 3 is 2.10 bits per heavy atom. The zero-order valence-corrected chi connectivity index (χ0v) is 29.7. The number of piperidine rings is 1. The fourth-order valence-electron chi connectivity index (χ4n) is 6.28. The van der Waals surface area contributed by atoms with E-state index in [4.69, 9.17) is 0 Å². The molecular weight excluding hydrogens is 766 g/mol. The van der Waals surface area contributed by atoms with Crippen LogP contribution < -0.4 is 0 Å². The van der Waals surface area contributed by atoms with Crippen molar-refractivity contribution >= 4 is 40.5 Å². The van der Waals surface area contributed by atoms with E-state index in [0.29, 0.717) is 24.6 Å². The second-order valence-corrected chi connectivity index (χ2v) is 13.7. The van der Waals surface area contributed by atoms with Crippen molar-refractivity contribution in [3.8, 4) is 11.1 Å². The van der Waals surface area contributed by atoms with Gasteiger partial charge in [-0.1, -0.05) is 114 Å². The molecule has 0 spiro atoms. The highest BCUT2D eigenvalue weighted by Gasteiger charge is 2.39. The topological polar surface area (TPSA) is 79.3 Å². The molecule has 11 heteroatoms. The molecule has 2 unspecified atom stereocenters. The van der Waals surface area contributed by atoms with Gasteiger partial charge in [-0.3, -0.25) is 14.6 Å². The van der Waals surface area contributed by atoms with Gasteiger partial charge < -0.3 is 9.80 Å². The van der Waals surface area contributed by atoms with Crippen LogP contribution in [-0.4, -0.2) is 55.7 Å². The Kier molecular flexibility index (Phi) is 11.5. The Morgan fingerprint density at radius 2 is 1.49 bits per heavy atom. The molecule has 1 aliphatic heterocycles. The molecule has 0 N–H and O–H groups in total. The Morgan fingerprint density at radius 1 is 0.843 bits per heavy atom. The van der Waals surface area contributed by atoms with Gasteiger partial charge in [0.25, 0.3) is 0 Å². The van der Waals surface area contributed by atoms with E-state index in [-0.39, 0.29) is 12.5 Å². The lowest BCUT2D eigenvalue weighted by Crippen LogP contribution is -2.53. The molecule has 3 aromatic carbocycles. The van der Waals surface area contributed by atoms with Crippen LogP contribution >= 0.6 is 22.6 Å². The summed E-state index contributed by atoms with van der Waals surface area (Å²) < 4.78 is 39.0. The van der Waals surface area contributed by atoms with E-state index < -0.39 is 27.7 Å². The van der Waals surface area contributed by atoms with Crippen molar-refractivity contribution in [2.24, 2.45) is 0 Å². The summed E-state index contributed by atoms with van der Waals surface area (Å²) in [4.78, 5) is 44.2. The van der Waals surface area contributed by atoms with Crippen molar-refractivity contribution in [2.45, 2.75) is 41.4 Å². The number of hydrogen-bond donors (Lipinski definition) is 0. The highest BCUT2D eigenvalue weighted by molar-refractivity contribution is 14.1. The third kappa shape index (κ3) is 9.07. The Bertz CT molecular complexity index is 1920. The Balaban J connectivity index is 1.33. The van der Waals surface area contributed by atoms with Crippen molar-refractivity contribution in [1.29, 1.82) is 0 Å². The predicted octanol–water partition coefficient (Wildman–Crippen LogP) is 8.55. The fraction of sp³-hybridized carbons (Fsp3) is 0.225. The van der Waals surface area contributed by atoms with Gasteiger partial charge in [-0.15, -0.1) is 0 Å². The van der Waals surface area contributed by atoms with Crippen molar-refractivity contribution in [1.82, 2.24) is 24.8 Å².